The molecule has 3 heterocycles. The molecule has 0 radical (unpaired) electrons. The Morgan fingerprint density at radius 2 is 2.13 bits per heavy atom. The number of nitrogens with one attached hydrogen (secondary N) is 1. The van der Waals surface area contributed by atoms with Crippen molar-refractivity contribution >= 4 is 11.6 Å². The van der Waals surface area contributed by atoms with Gasteiger partial charge in [-0.1, -0.05) is 11.6 Å². The molecule has 7 heteroatoms. The maximum atomic E-state index is 5.89. The molecule has 1 aromatic carbocycles. The van der Waals surface area contributed by atoms with Crippen LogP contribution in [0.1, 0.15) is 11.6 Å². The minimum atomic E-state index is 0.270. The van der Waals surface area contributed by atoms with E-state index in [1.165, 1.54) is 0 Å². The summed E-state index contributed by atoms with van der Waals surface area (Å²) in [7, 11) is 0. The number of halogens is 1. The topological polar surface area (TPSA) is 65.1 Å². The van der Waals surface area contributed by atoms with E-state index in [4.69, 9.17) is 20.8 Å². The minimum absolute atomic E-state index is 0.270. The Hall–Kier alpha value is -2.31. The van der Waals surface area contributed by atoms with Crippen molar-refractivity contribution in [3.05, 3.63) is 53.3 Å². The number of oxazole rings is 1. The van der Waals surface area contributed by atoms with Gasteiger partial charge in [0, 0.05) is 23.7 Å². The zero-order valence-electron chi connectivity index (χ0n) is 12.3. The van der Waals surface area contributed by atoms with Crippen LogP contribution < -0.4 is 10.1 Å². The summed E-state index contributed by atoms with van der Waals surface area (Å²) in [6.07, 6.45) is 3.43. The zero-order valence-corrected chi connectivity index (χ0v) is 13.1. The molecule has 1 aliphatic heterocycles. The van der Waals surface area contributed by atoms with E-state index in [1.807, 2.05) is 28.9 Å². The summed E-state index contributed by atoms with van der Waals surface area (Å²) < 4.78 is 13.5. The quantitative estimate of drug-likeness (QED) is 0.797. The Balaban J connectivity index is 1.46. The maximum Gasteiger partial charge on any atom is 0.232 e. The average Bonchev–Trinajstić information content (AvgIpc) is 3.20. The van der Waals surface area contributed by atoms with Crippen molar-refractivity contribution in [3.63, 3.8) is 0 Å². The highest BCUT2D eigenvalue weighted by Crippen LogP contribution is 2.24. The smallest absolute Gasteiger partial charge is 0.232 e. The third-order valence-electron chi connectivity index (χ3n) is 3.74. The van der Waals surface area contributed by atoms with Gasteiger partial charge in [0.2, 0.25) is 5.89 Å². The van der Waals surface area contributed by atoms with Gasteiger partial charge in [-0.25, -0.2) is 4.98 Å². The van der Waals surface area contributed by atoms with Crippen LogP contribution in [0.5, 0.6) is 5.75 Å². The number of nitrogens with zero attached hydrogens (tertiary/aromatic N) is 3. The molecule has 6 nitrogen and oxygen atoms in total. The second-order valence-electron chi connectivity index (χ2n) is 5.27. The van der Waals surface area contributed by atoms with Gasteiger partial charge < -0.3 is 14.5 Å². The molecule has 23 heavy (non-hydrogen) atoms. The third kappa shape index (κ3) is 2.95. The normalized spacial score (nSPS) is 13.8. The molecule has 0 fully saturated rings. The Morgan fingerprint density at radius 1 is 1.26 bits per heavy atom. The summed E-state index contributed by atoms with van der Waals surface area (Å²) in [6.45, 7) is 2.82. The molecule has 4 rings (SSSR count). The van der Waals surface area contributed by atoms with E-state index in [1.54, 1.807) is 12.4 Å². The second kappa shape index (κ2) is 6.06. The van der Waals surface area contributed by atoms with Gasteiger partial charge in [0.1, 0.15) is 0 Å². The molecule has 0 saturated carbocycles. The standard InChI is InChI=1S/C16H15ClN4O2/c17-12-3-1-11(2-4-12)14-8-19-16(23-14)10-22-15-9-20-21-6-5-18-7-13(15)21/h1-4,8-9,18H,5-7,10H2. The van der Waals surface area contributed by atoms with Crippen LogP contribution >= 0.6 is 11.6 Å². The van der Waals surface area contributed by atoms with E-state index in [0.717, 1.165) is 36.6 Å². The maximum absolute atomic E-state index is 5.89. The number of ether oxygens (including phenoxy) is 1. The fourth-order valence-corrected chi connectivity index (χ4v) is 2.67. The van der Waals surface area contributed by atoms with Crippen molar-refractivity contribution in [1.29, 1.82) is 0 Å². The zero-order chi connectivity index (χ0) is 15.6. The lowest BCUT2D eigenvalue weighted by Crippen LogP contribution is -2.28. The number of rotatable bonds is 4. The first kappa shape index (κ1) is 14.3. The van der Waals surface area contributed by atoms with Crippen LogP contribution in [-0.2, 0) is 19.7 Å². The van der Waals surface area contributed by atoms with Gasteiger partial charge >= 0.3 is 0 Å². The summed E-state index contributed by atoms with van der Waals surface area (Å²) in [5.74, 6) is 1.99. The van der Waals surface area contributed by atoms with E-state index in [0.29, 0.717) is 16.7 Å². The first-order valence-corrected chi connectivity index (χ1v) is 7.76. The molecule has 3 aromatic rings. The molecule has 0 atom stereocenters. The summed E-state index contributed by atoms with van der Waals surface area (Å²) in [5, 5.41) is 8.31. The number of hydrogen-bond donors (Lipinski definition) is 1. The molecule has 0 amide bonds. The highest BCUT2D eigenvalue weighted by Gasteiger charge is 2.16. The highest BCUT2D eigenvalue weighted by atomic mass is 35.5. The Kier molecular flexibility index (Phi) is 3.77. The molecule has 2 aromatic heterocycles. The first-order valence-electron chi connectivity index (χ1n) is 7.38. The lowest BCUT2D eigenvalue weighted by molar-refractivity contribution is 0.259. The van der Waals surface area contributed by atoms with Gasteiger partial charge in [-0.3, -0.25) is 4.68 Å². The van der Waals surface area contributed by atoms with Gasteiger partial charge in [-0.2, -0.15) is 5.10 Å². The fourth-order valence-electron chi connectivity index (χ4n) is 2.54. The molecular weight excluding hydrogens is 316 g/mol. The Labute approximate surface area is 138 Å². The van der Waals surface area contributed by atoms with Crippen LogP contribution in [0.25, 0.3) is 11.3 Å². The Morgan fingerprint density at radius 3 is 3.00 bits per heavy atom. The molecular formula is C16H15ClN4O2. The van der Waals surface area contributed by atoms with E-state index >= 15 is 0 Å². The molecule has 0 saturated heterocycles. The van der Waals surface area contributed by atoms with Crippen LogP contribution in [-0.4, -0.2) is 21.3 Å². The second-order valence-corrected chi connectivity index (χ2v) is 5.71. The molecule has 0 spiro atoms. The van der Waals surface area contributed by atoms with Crippen LogP contribution in [0.3, 0.4) is 0 Å². The molecule has 0 bridgehead atoms. The molecule has 0 unspecified atom stereocenters. The summed E-state index contributed by atoms with van der Waals surface area (Å²) in [4.78, 5) is 4.26. The van der Waals surface area contributed by atoms with Crippen LogP contribution in [0.4, 0.5) is 0 Å². The molecule has 0 aliphatic carbocycles. The lowest BCUT2D eigenvalue weighted by Gasteiger charge is -2.15. The lowest BCUT2D eigenvalue weighted by atomic mass is 10.2. The average molecular weight is 331 g/mol. The first-order chi connectivity index (χ1) is 11.3. The Bertz CT molecular complexity index is 810. The molecule has 1 N–H and O–H groups in total. The number of hydrogen-bond acceptors (Lipinski definition) is 5. The van der Waals surface area contributed by atoms with Crippen molar-refractivity contribution in [2.75, 3.05) is 6.54 Å². The SMILES string of the molecule is Clc1ccc(-c2cnc(COc3cnn4c3CNCC4)o2)cc1. The van der Waals surface area contributed by atoms with Crippen molar-refractivity contribution in [1.82, 2.24) is 20.1 Å². The largest absolute Gasteiger partial charge is 0.480 e. The van der Waals surface area contributed by atoms with E-state index in [2.05, 4.69) is 15.4 Å². The van der Waals surface area contributed by atoms with Crippen LogP contribution in [0.15, 0.2) is 41.1 Å². The van der Waals surface area contributed by atoms with Crippen molar-refractivity contribution in [3.8, 4) is 17.1 Å². The van der Waals surface area contributed by atoms with Gasteiger partial charge in [-0.05, 0) is 24.3 Å². The van der Waals surface area contributed by atoms with Gasteiger partial charge in [0.15, 0.2) is 18.1 Å². The molecule has 1 aliphatic rings. The fraction of sp³-hybridized carbons (Fsp3) is 0.250. The van der Waals surface area contributed by atoms with E-state index in [-0.39, 0.29) is 6.61 Å². The van der Waals surface area contributed by atoms with Gasteiger partial charge in [0.05, 0.1) is 24.6 Å². The van der Waals surface area contributed by atoms with Crippen molar-refractivity contribution in [2.24, 2.45) is 0 Å². The monoisotopic (exact) mass is 330 g/mol. The van der Waals surface area contributed by atoms with E-state index in [9.17, 15) is 0 Å². The predicted octanol–water partition coefficient (Wildman–Crippen LogP) is 2.87. The summed E-state index contributed by atoms with van der Waals surface area (Å²) >= 11 is 5.89. The van der Waals surface area contributed by atoms with Crippen LogP contribution in [0.2, 0.25) is 5.02 Å². The number of fused-ring (bicyclic) bond motifs is 1. The van der Waals surface area contributed by atoms with Crippen molar-refractivity contribution in [2.45, 2.75) is 19.7 Å². The third-order valence-corrected chi connectivity index (χ3v) is 3.99. The van der Waals surface area contributed by atoms with Crippen molar-refractivity contribution < 1.29 is 9.15 Å². The molecule has 118 valence electrons. The van der Waals surface area contributed by atoms with E-state index < -0.39 is 0 Å². The van der Waals surface area contributed by atoms with Gasteiger partial charge in [-0.15, -0.1) is 0 Å². The number of aromatic nitrogens is 3. The number of benzene rings is 1. The minimum Gasteiger partial charge on any atom is -0.480 e. The summed E-state index contributed by atoms with van der Waals surface area (Å²) in [6, 6.07) is 7.43. The highest BCUT2D eigenvalue weighted by molar-refractivity contribution is 6.30. The summed E-state index contributed by atoms with van der Waals surface area (Å²) in [5.41, 5.74) is 1.99. The van der Waals surface area contributed by atoms with Crippen LogP contribution in [0, 0.1) is 0 Å². The predicted molar refractivity (Wildman–Crippen MR) is 85.2 cm³/mol. The van der Waals surface area contributed by atoms with Gasteiger partial charge in [0.25, 0.3) is 0 Å².